The topological polar surface area (TPSA) is 322 Å². The van der Waals surface area contributed by atoms with E-state index in [1.165, 1.54) is 24.3 Å². The number of hydrogen-bond acceptors (Lipinski definition) is 14. The number of nitrogens with two attached hydrogens (primary N) is 4. The van der Waals surface area contributed by atoms with E-state index in [1.54, 1.807) is 90.8 Å². The van der Waals surface area contributed by atoms with Crippen molar-refractivity contribution < 1.29 is 28.7 Å². The molecule has 10 N–H and O–H groups in total. The summed E-state index contributed by atoms with van der Waals surface area (Å²) in [6.07, 6.45) is 17.4. The fourth-order valence-electron chi connectivity index (χ4n) is 7.88. The molecule has 6 heterocycles. The summed E-state index contributed by atoms with van der Waals surface area (Å²) in [7, 11) is 0. The third-order valence-electron chi connectivity index (χ3n) is 11.1. The minimum Gasteiger partial charge on any atom is -0.487 e. The highest BCUT2D eigenvalue weighted by atomic mass is 16.5. The number of fused-ring (bicyclic) bond motifs is 2. The zero-order chi connectivity index (χ0) is 51.1. The van der Waals surface area contributed by atoms with Crippen LogP contribution in [0.5, 0.6) is 11.5 Å². The Morgan fingerprint density at radius 2 is 0.986 bits per heavy atom. The molecule has 0 saturated heterocycles. The quantitative estimate of drug-likeness (QED) is 0.0518. The van der Waals surface area contributed by atoms with Crippen LogP contribution in [0.1, 0.15) is 66.9 Å². The van der Waals surface area contributed by atoms with Crippen molar-refractivity contribution in [1.29, 1.82) is 0 Å². The summed E-state index contributed by atoms with van der Waals surface area (Å²) in [5.74, 6) is -1.52. The molecule has 0 saturated carbocycles. The van der Waals surface area contributed by atoms with E-state index >= 15 is 0 Å². The number of rotatable bonds is 22. The molecule has 24 nitrogen and oxygen atoms in total. The molecule has 6 aromatic heterocycles. The minimum absolute atomic E-state index is 0.0870. The van der Waals surface area contributed by atoms with Crippen molar-refractivity contribution in [3.8, 4) is 11.5 Å². The lowest BCUT2D eigenvalue weighted by Crippen LogP contribution is -2.20. The molecule has 0 unspecified atom stereocenters. The number of aryl methyl sites for hydroxylation is 4. The second-order valence-electron chi connectivity index (χ2n) is 16.4. The highest BCUT2D eigenvalue weighted by Crippen LogP contribution is 2.33. The van der Waals surface area contributed by atoms with Crippen molar-refractivity contribution in [1.82, 2.24) is 58.2 Å². The number of nitrogen functional groups attached to an aromatic ring is 2. The van der Waals surface area contributed by atoms with E-state index in [9.17, 15) is 19.2 Å². The summed E-state index contributed by atoms with van der Waals surface area (Å²) < 4.78 is 22.6. The van der Waals surface area contributed by atoms with Crippen molar-refractivity contribution in [2.75, 3.05) is 35.3 Å². The van der Waals surface area contributed by atoms with Gasteiger partial charge in [-0.3, -0.25) is 48.5 Å². The molecule has 0 radical (unpaired) electrons. The number of carbonyl (C=O) groups excluding carboxylic acids is 4. The van der Waals surface area contributed by atoms with Crippen LogP contribution in [-0.4, -0.2) is 95.1 Å². The maximum absolute atomic E-state index is 13.9. The number of carbonyl (C=O) groups is 4. The van der Waals surface area contributed by atoms with Gasteiger partial charge in [0.05, 0.1) is 59.3 Å². The number of imidazole rings is 2. The Hall–Kier alpha value is -9.48. The van der Waals surface area contributed by atoms with E-state index < -0.39 is 23.6 Å². The van der Waals surface area contributed by atoms with E-state index in [2.05, 4.69) is 31.0 Å². The lowest BCUT2D eigenvalue weighted by Gasteiger charge is -2.13. The molecule has 4 amide bonds. The predicted octanol–water partition coefficient (Wildman–Crippen LogP) is 4.22. The van der Waals surface area contributed by atoms with Gasteiger partial charge in [0.1, 0.15) is 47.1 Å². The van der Waals surface area contributed by atoms with Crippen molar-refractivity contribution in [3.05, 3.63) is 132 Å². The van der Waals surface area contributed by atoms with Crippen LogP contribution in [0.3, 0.4) is 0 Å². The molecule has 2 aromatic carbocycles. The molecule has 0 atom stereocenters. The first-order valence-corrected chi connectivity index (χ1v) is 22.9. The molecule has 0 spiro atoms. The third-order valence-corrected chi connectivity index (χ3v) is 11.1. The van der Waals surface area contributed by atoms with E-state index in [0.29, 0.717) is 82.4 Å². The lowest BCUT2D eigenvalue weighted by atomic mass is 10.1. The maximum atomic E-state index is 13.9. The second-order valence-corrected chi connectivity index (χ2v) is 16.4. The lowest BCUT2D eigenvalue weighted by molar-refractivity contribution is 0.0991. The Balaban J connectivity index is 1.16. The van der Waals surface area contributed by atoms with Crippen LogP contribution in [0.25, 0.3) is 22.1 Å². The summed E-state index contributed by atoms with van der Waals surface area (Å²) in [6, 6.07) is 9.47. The van der Waals surface area contributed by atoms with Crippen LogP contribution in [0.4, 0.5) is 23.3 Å². The molecule has 0 aliphatic heterocycles. The van der Waals surface area contributed by atoms with Crippen LogP contribution in [0.15, 0.2) is 97.6 Å². The molecule has 0 bridgehead atoms. The third kappa shape index (κ3) is 11.0. The molecular formula is C48H54N18O6. The van der Waals surface area contributed by atoms with E-state index in [4.69, 9.17) is 42.4 Å². The van der Waals surface area contributed by atoms with Gasteiger partial charge < -0.3 is 41.5 Å². The summed E-state index contributed by atoms with van der Waals surface area (Å²) in [5.41, 5.74) is 28.1. The maximum Gasteiger partial charge on any atom is 0.276 e. The van der Waals surface area contributed by atoms with Crippen molar-refractivity contribution in [2.24, 2.45) is 11.5 Å². The Morgan fingerprint density at radius 3 is 1.35 bits per heavy atom. The average Bonchev–Trinajstić information content (AvgIpc) is 4.22. The zero-order valence-corrected chi connectivity index (χ0v) is 40.0. The predicted molar refractivity (Wildman–Crippen MR) is 269 cm³/mol. The Kier molecular flexibility index (Phi) is 14.6. The molecular weight excluding hydrogens is 925 g/mol. The van der Waals surface area contributed by atoms with Crippen LogP contribution in [0, 0.1) is 13.8 Å². The fourth-order valence-corrected chi connectivity index (χ4v) is 7.88. The number of primary amides is 2. The number of benzene rings is 2. The Morgan fingerprint density at radius 1 is 0.583 bits per heavy atom. The number of allylic oxidation sites excluding steroid dienone is 4. The molecule has 24 heteroatoms. The number of ether oxygens (including phenoxy) is 2. The standard InChI is InChI=1S/C48H54N18O6/c1-5-65-37(19-29(3)59-65)45(69)57-47-55-35-21-31(43(51)67)23-39(71-17-11-9-13-61-27-33(49)25-53-61)41(35)63(47)15-7-8-16-64-42-36(56-48(64)58-46(70)38-20-30(4)60-66(38)6-2)22-32(44(52)68)24-40(42)72-18-12-10-14-62-28-34(50)26-54-62/h7-12,19-28H,5-6,13-18,49-50H2,1-4H3,(H2,51,67)(H2,52,68)(H,55,57,69)(H,56,58,70)/b8-7+,11-9+,12-10+. The largest absolute Gasteiger partial charge is 0.487 e. The molecule has 8 aromatic rings. The molecule has 0 aliphatic carbocycles. The number of hydrogen-bond donors (Lipinski definition) is 6. The van der Waals surface area contributed by atoms with Gasteiger partial charge in [-0.2, -0.15) is 20.4 Å². The van der Waals surface area contributed by atoms with E-state index in [1.807, 2.05) is 38.2 Å². The van der Waals surface area contributed by atoms with Crippen LogP contribution in [-0.2, 0) is 39.3 Å². The van der Waals surface area contributed by atoms with Gasteiger partial charge >= 0.3 is 0 Å². The van der Waals surface area contributed by atoms with Crippen molar-refractivity contribution >= 4 is 69.0 Å². The second kappa shape index (κ2) is 21.4. The van der Waals surface area contributed by atoms with E-state index in [0.717, 1.165) is 0 Å². The van der Waals surface area contributed by atoms with Gasteiger partial charge in [-0.15, -0.1) is 0 Å². The molecule has 372 valence electrons. The van der Waals surface area contributed by atoms with Gasteiger partial charge in [0.25, 0.3) is 11.8 Å². The fraction of sp³-hybridized carbons (Fsp3) is 0.250. The number of nitrogens with one attached hydrogen (secondary N) is 2. The Labute approximate surface area is 411 Å². The van der Waals surface area contributed by atoms with Crippen LogP contribution < -0.4 is 43.0 Å². The van der Waals surface area contributed by atoms with Crippen molar-refractivity contribution in [3.63, 3.8) is 0 Å². The first kappa shape index (κ1) is 49.0. The summed E-state index contributed by atoms with van der Waals surface area (Å²) in [4.78, 5) is 62.7. The van der Waals surface area contributed by atoms with E-state index in [-0.39, 0.29) is 60.8 Å². The van der Waals surface area contributed by atoms with Crippen LogP contribution >= 0.6 is 0 Å². The van der Waals surface area contributed by atoms with Gasteiger partial charge in [0.2, 0.25) is 23.7 Å². The van der Waals surface area contributed by atoms with Gasteiger partial charge in [-0.05, 0) is 76.2 Å². The summed E-state index contributed by atoms with van der Waals surface area (Å²) in [6.45, 7) is 9.48. The molecule has 0 fully saturated rings. The Bertz CT molecular complexity index is 3190. The first-order chi connectivity index (χ1) is 34.7. The smallest absolute Gasteiger partial charge is 0.276 e. The summed E-state index contributed by atoms with van der Waals surface area (Å²) in [5, 5.41) is 23.1. The SMILES string of the molecule is CCn1nc(C)cc1C(=O)Nc1nc2cc(C(N)=O)cc(OC/C=C/Cn3cc(N)cn3)c2n1C/C=C/Cn1c(NC(=O)c2cc(C)nn2CC)nc2cc(C(N)=O)cc(OC/C=C/Cn3cc(N)cn3)c21. The van der Waals surface area contributed by atoms with Gasteiger partial charge in [-0.1, -0.05) is 24.3 Å². The number of aromatic nitrogens is 12. The monoisotopic (exact) mass is 978 g/mol. The highest BCUT2D eigenvalue weighted by Gasteiger charge is 2.24. The number of amides is 4. The molecule has 0 aliphatic rings. The van der Waals surface area contributed by atoms with Crippen molar-refractivity contribution in [2.45, 2.75) is 67.0 Å². The number of anilines is 4. The first-order valence-electron chi connectivity index (χ1n) is 22.9. The van der Waals surface area contributed by atoms with Crippen LogP contribution in [0.2, 0.25) is 0 Å². The average molecular weight is 979 g/mol. The number of nitrogens with zero attached hydrogens (tertiary/aromatic N) is 12. The summed E-state index contributed by atoms with van der Waals surface area (Å²) >= 11 is 0. The molecule has 8 rings (SSSR count). The highest BCUT2D eigenvalue weighted by molar-refractivity contribution is 6.05. The van der Waals surface area contributed by atoms with Gasteiger partial charge in [0, 0.05) is 49.7 Å². The van der Waals surface area contributed by atoms with Gasteiger partial charge in [0.15, 0.2) is 0 Å². The van der Waals surface area contributed by atoms with Gasteiger partial charge in [-0.25, -0.2) is 9.97 Å². The minimum atomic E-state index is -0.706. The molecule has 72 heavy (non-hydrogen) atoms. The normalized spacial score (nSPS) is 11.8. The zero-order valence-electron chi connectivity index (χ0n) is 40.0.